The van der Waals surface area contributed by atoms with Gasteiger partial charge in [0.25, 0.3) is 5.91 Å². The lowest BCUT2D eigenvalue weighted by molar-refractivity contribution is 0.0984. The average Bonchev–Trinajstić information content (AvgIpc) is 3.32. The summed E-state index contributed by atoms with van der Waals surface area (Å²) in [7, 11) is 0. The number of nitrogens with zero attached hydrogens (tertiary/aromatic N) is 2. The lowest BCUT2D eigenvalue weighted by Gasteiger charge is -2.16. The molecule has 1 aliphatic rings. The quantitative estimate of drug-likeness (QED) is 0.729. The van der Waals surface area contributed by atoms with E-state index in [9.17, 15) is 9.59 Å². The van der Waals surface area contributed by atoms with Crippen LogP contribution in [0.1, 0.15) is 38.3 Å². The van der Waals surface area contributed by atoms with Gasteiger partial charge in [-0.05, 0) is 44.0 Å². The molecule has 0 saturated carbocycles. The maximum Gasteiger partial charge on any atom is 0.274 e. The number of anilines is 1. The number of aryl methyl sites for hydroxylation is 1. The number of H-pyrrole nitrogens is 1. The van der Waals surface area contributed by atoms with E-state index in [4.69, 9.17) is 0 Å². The fourth-order valence-electron chi connectivity index (χ4n) is 3.13. The molecule has 1 amide bonds. The van der Waals surface area contributed by atoms with E-state index in [0.29, 0.717) is 17.8 Å². The summed E-state index contributed by atoms with van der Waals surface area (Å²) >= 11 is 1.63. The number of ketones is 1. The molecule has 0 spiro atoms. The molecule has 126 valence electrons. The van der Waals surface area contributed by atoms with E-state index in [1.165, 1.54) is 6.92 Å². The van der Waals surface area contributed by atoms with Crippen molar-refractivity contribution in [3.63, 3.8) is 0 Å². The van der Waals surface area contributed by atoms with E-state index in [0.717, 1.165) is 33.9 Å². The Hall–Kier alpha value is -2.73. The second kappa shape index (κ2) is 5.97. The van der Waals surface area contributed by atoms with Crippen molar-refractivity contribution in [3.05, 3.63) is 57.7 Å². The molecule has 3 aromatic rings. The summed E-state index contributed by atoms with van der Waals surface area (Å²) in [6.45, 7) is 4.13. The molecule has 0 bridgehead atoms. The number of nitrogens with one attached hydrogen (secondary N) is 1. The molecule has 0 atom stereocenters. The minimum Gasteiger partial charge on any atom is -0.356 e. The van der Waals surface area contributed by atoms with E-state index in [1.807, 2.05) is 19.1 Å². The van der Waals surface area contributed by atoms with Gasteiger partial charge in [-0.3, -0.25) is 9.59 Å². The monoisotopic (exact) mass is 351 g/mol. The van der Waals surface area contributed by atoms with Crippen molar-refractivity contribution < 1.29 is 9.59 Å². The molecule has 0 aliphatic carbocycles. The predicted octanol–water partition coefficient (Wildman–Crippen LogP) is 3.85. The topological polar surface area (TPSA) is 66.1 Å². The van der Waals surface area contributed by atoms with Gasteiger partial charge >= 0.3 is 0 Å². The number of amides is 1. The molecular formula is C19H17N3O2S. The average molecular weight is 351 g/mol. The van der Waals surface area contributed by atoms with Crippen LogP contribution in [0.3, 0.4) is 0 Å². The molecule has 1 N–H and O–H groups in total. The summed E-state index contributed by atoms with van der Waals surface area (Å²) in [5, 5.41) is 3.09. The molecular weight excluding hydrogens is 334 g/mol. The van der Waals surface area contributed by atoms with Crippen LogP contribution in [0.15, 0.2) is 35.8 Å². The van der Waals surface area contributed by atoms with Gasteiger partial charge in [0.05, 0.1) is 10.7 Å². The van der Waals surface area contributed by atoms with Crippen LogP contribution in [0.2, 0.25) is 0 Å². The number of benzene rings is 1. The van der Waals surface area contributed by atoms with Crippen LogP contribution >= 0.6 is 11.3 Å². The van der Waals surface area contributed by atoms with Gasteiger partial charge in [-0.2, -0.15) is 0 Å². The zero-order chi connectivity index (χ0) is 17.6. The number of Topliss-reactive ketones (excluding diaryl/α,β-unsaturated/α-hetero) is 1. The summed E-state index contributed by atoms with van der Waals surface area (Å²) in [5.41, 5.74) is 5.10. The lowest BCUT2D eigenvalue weighted by atomic mass is 10.1. The second-order valence-electron chi connectivity index (χ2n) is 6.16. The zero-order valence-electron chi connectivity index (χ0n) is 14.0. The van der Waals surface area contributed by atoms with Crippen LogP contribution in [-0.2, 0) is 6.42 Å². The number of hydrogen-bond donors (Lipinski definition) is 1. The molecule has 0 radical (unpaired) electrons. The van der Waals surface area contributed by atoms with E-state index >= 15 is 0 Å². The molecule has 0 saturated heterocycles. The smallest absolute Gasteiger partial charge is 0.274 e. The summed E-state index contributed by atoms with van der Waals surface area (Å²) in [4.78, 5) is 33.4. The first-order valence-electron chi connectivity index (χ1n) is 8.09. The molecule has 5 nitrogen and oxygen atoms in total. The first-order chi connectivity index (χ1) is 12.0. The molecule has 6 heteroatoms. The molecule has 0 unspecified atom stereocenters. The number of hydrogen-bond acceptors (Lipinski definition) is 4. The Morgan fingerprint density at radius 3 is 2.80 bits per heavy atom. The summed E-state index contributed by atoms with van der Waals surface area (Å²) < 4.78 is 0. The van der Waals surface area contributed by atoms with Gasteiger partial charge < -0.3 is 9.88 Å². The van der Waals surface area contributed by atoms with Gasteiger partial charge in [-0.25, -0.2) is 4.98 Å². The number of fused-ring (bicyclic) bond motifs is 1. The minimum absolute atomic E-state index is 0.0553. The third kappa shape index (κ3) is 2.78. The van der Waals surface area contributed by atoms with Crippen molar-refractivity contribution in [2.24, 2.45) is 0 Å². The SMILES string of the molecule is CC(=O)c1c[nH]c(C(=O)N2CCc3cc(-c4csc(C)n4)ccc32)c1. The minimum atomic E-state index is -0.108. The highest BCUT2D eigenvalue weighted by molar-refractivity contribution is 7.09. The van der Waals surface area contributed by atoms with Crippen molar-refractivity contribution >= 4 is 28.7 Å². The van der Waals surface area contributed by atoms with Crippen molar-refractivity contribution in [2.45, 2.75) is 20.3 Å². The maximum atomic E-state index is 12.8. The molecule has 2 aromatic heterocycles. The predicted molar refractivity (Wildman–Crippen MR) is 98.5 cm³/mol. The van der Waals surface area contributed by atoms with Crippen LogP contribution in [0.4, 0.5) is 5.69 Å². The van der Waals surface area contributed by atoms with E-state index < -0.39 is 0 Å². The Bertz CT molecular complexity index is 986. The van der Waals surface area contributed by atoms with Gasteiger partial charge in [0.15, 0.2) is 5.78 Å². The normalized spacial score (nSPS) is 13.1. The summed E-state index contributed by atoms with van der Waals surface area (Å²) in [6, 6.07) is 7.73. The van der Waals surface area contributed by atoms with Crippen LogP contribution < -0.4 is 4.90 Å². The van der Waals surface area contributed by atoms with Gasteiger partial charge in [0.2, 0.25) is 0 Å². The van der Waals surface area contributed by atoms with Gasteiger partial charge in [-0.1, -0.05) is 6.07 Å². The van der Waals surface area contributed by atoms with E-state index in [2.05, 4.69) is 21.4 Å². The lowest BCUT2D eigenvalue weighted by Crippen LogP contribution is -2.29. The number of carbonyl (C=O) groups is 2. The third-order valence-electron chi connectivity index (χ3n) is 4.45. The summed E-state index contributed by atoms with van der Waals surface area (Å²) in [5.74, 6) is -0.163. The molecule has 0 fully saturated rings. The van der Waals surface area contributed by atoms with Crippen molar-refractivity contribution in [2.75, 3.05) is 11.4 Å². The molecule has 3 heterocycles. The number of aromatic amines is 1. The van der Waals surface area contributed by atoms with Crippen LogP contribution in [0, 0.1) is 6.92 Å². The van der Waals surface area contributed by atoms with Crippen LogP contribution in [-0.4, -0.2) is 28.2 Å². The third-order valence-corrected chi connectivity index (χ3v) is 5.23. The first-order valence-corrected chi connectivity index (χ1v) is 8.97. The maximum absolute atomic E-state index is 12.8. The fraction of sp³-hybridized carbons (Fsp3) is 0.211. The van der Waals surface area contributed by atoms with Crippen LogP contribution in [0.5, 0.6) is 0 Å². The summed E-state index contributed by atoms with van der Waals surface area (Å²) in [6.07, 6.45) is 2.40. The van der Waals surface area contributed by atoms with E-state index in [-0.39, 0.29) is 11.7 Å². The van der Waals surface area contributed by atoms with Gasteiger partial charge in [0.1, 0.15) is 5.69 Å². The van der Waals surface area contributed by atoms with Gasteiger partial charge in [0, 0.05) is 34.9 Å². The molecule has 25 heavy (non-hydrogen) atoms. The highest BCUT2D eigenvalue weighted by atomic mass is 32.1. The number of rotatable bonds is 3. The van der Waals surface area contributed by atoms with Crippen molar-refractivity contribution in [1.29, 1.82) is 0 Å². The van der Waals surface area contributed by atoms with Crippen LogP contribution in [0.25, 0.3) is 11.3 Å². The highest BCUT2D eigenvalue weighted by Gasteiger charge is 2.27. The Balaban J connectivity index is 1.63. The molecule has 1 aromatic carbocycles. The standard InChI is InChI=1S/C19H17N3O2S/c1-11(23)15-8-16(20-9-15)19(24)22-6-5-14-7-13(3-4-18(14)22)17-10-25-12(2)21-17/h3-4,7-10,20H,5-6H2,1-2H3. The molecule has 4 rings (SSSR count). The largest absolute Gasteiger partial charge is 0.356 e. The number of carbonyl (C=O) groups excluding carboxylic acids is 2. The Morgan fingerprint density at radius 1 is 1.28 bits per heavy atom. The van der Waals surface area contributed by atoms with Crippen molar-refractivity contribution in [1.82, 2.24) is 9.97 Å². The Kier molecular flexibility index (Phi) is 3.77. The number of thiazole rings is 1. The zero-order valence-corrected chi connectivity index (χ0v) is 14.8. The number of aromatic nitrogens is 2. The fourth-order valence-corrected chi connectivity index (χ4v) is 3.76. The second-order valence-corrected chi connectivity index (χ2v) is 7.22. The Morgan fingerprint density at radius 2 is 2.12 bits per heavy atom. The highest BCUT2D eigenvalue weighted by Crippen LogP contribution is 2.33. The van der Waals surface area contributed by atoms with E-state index in [1.54, 1.807) is 28.5 Å². The first kappa shape index (κ1) is 15.8. The van der Waals surface area contributed by atoms with Gasteiger partial charge in [-0.15, -0.1) is 11.3 Å². The van der Waals surface area contributed by atoms with Crippen molar-refractivity contribution in [3.8, 4) is 11.3 Å². The Labute approximate surface area is 149 Å². The molecule has 1 aliphatic heterocycles.